The van der Waals surface area contributed by atoms with Gasteiger partial charge in [0.15, 0.2) is 0 Å². The number of anilines is 2. The molecule has 0 fully saturated rings. The van der Waals surface area contributed by atoms with Crippen LogP contribution in [0.5, 0.6) is 0 Å². The number of para-hydroxylation sites is 1. The molecule has 0 aliphatic carbocycles. The molecule has 1 aromatic carbocycles. The number of hydrogen-bond acceptors (Lipinski definition) is 3. The van der Waals surface area contributed by atoms with Crippen molar-refractivity contribution in [2.75, 3.05) is 23.8 Å². The largest absolute Gasteiger partial charge is 0.370 e. The molecule has 0 spiro atoms. The van der Waals surface area contributed by atoms with Crippen molar-refractivity contribution in [2.24, 2.45) is 0 Å². The summed E-state index contributed by atoms with van der Waals surface area (Å²) in [5.74, 6) is 0.621. The molecule has 2 rings (SSSR count). The lowest BCUT2D eigenvalue weighted by Crippen LogP contribution is -2.27. The molecule has 0 atom stereocenters. The molecule has 1 N–H and O–H groups in total. The maximum Gasteiger partial charge on any atom is 0.276 e. The molecule has 1 amide bonds. The zero-order valence-electron chi connectivity index (χ0n) is 11.8. The summed E-state index contributed by atoms with van der Waals surface area (Å²) in [4.78, 5) is 18.4. The highest BCUT2D eigenvalue weighted by Gasteiger charge is 2.14. The number of nitrogens with zero attached hydrogens (tertiary/aromatic N) is 2. The number of pyridine rings is 1. The van der Waals surface area contributed by atoms with Crippen LogP contribution in [0.4, 0.5) is 11.5 Å². The van der Waals surface area contributed by atoms with E-state index in [1.165, 1.54) is 0 Å². The minimum atomic E-state index is -0.114. The van der Waals surface area contributed by atoms with Crippen molar-refractivity contribution in [3.8, 4) is 0 Å². The summed E-state index contributed by atoms with van der Waals surface area (Å²) in [5, 5.41) is 3.19. The quantitative estimate of drug-likeness (QED) is 0.906. The molecule has 0 saturated heterocycles. The summed E-state index contributed by atoms with van der Waals surface area (Å²) in [7, 11) is 1.76. The van der Waals surface area contributed by atoms with Crippen LogP contribution in [0, 0.1) is 0 Å². The Balaban J connectivity index is 2.16. The number of carbonyl (C=O) groups excluding carboxylic acids is 1. The molecule has 0 aliphatic heterocycles. The molecule has 104 valence electrons. The fourth-order valence-electron chi connectivity index (χ4n) is 1.85. The first kappa shape index (κ1) is 14.1. The van der Waals surface area contributed by atoms with Crippen LogP contribution in [-0.2, 0) is 0 Å². The van der Waals surface area contributed by atoms with E-state index in [2.05, 4.69) is 17.2 Å². The number of benzene rings is 1. The van der Waals surface area contributed by atoms with Crippen molar-refractivity contribution in [1.82, 2.24) is 4.98 Å². The third-order valence-corrected chi connectivity index (χ3v) is 2.97. The van der Waals surface area contributed by atoms with Crippen molar-refractivity contribution in [2.45, 2.75) is 13.3 Å². The first-order valence-electron chi connectivity index (χ1n) is 6.76. The van der Waals surface area contributed by atoms with Crippen LogP contribution in [-0.4, -0.2) is 24.5 Å². The van der Waals surface area contributed by atoms with Gasteiger partial charge >= 0.3 is 0 Å². The second-order valence-corrected chi connectivity index (χ2v) is 4.53. The summed E-state index contributed by atoms with van der Waals surface area (Å²) >= 11 is 0. The van der Waals surface area contributed by atoms with Crippen LogP contribution in [0.3, 0.4) is 0 Å². The Labute approximate surface area is 119 Å². The average molecular weight is 269 g/mol. The number of amides is 1. The van der Waals surface area contributed by atoms with E-state index < -0.39 is 0 Å². The van der Waals surface area contributed by atoms with E-state index in [0.717, 1.165) is 24.5 Å². The average Bonchev–Trinajstić information content (AvgIpc) is 2.52. The van der Waals surface area contributed by atoms with E-state index >= 15 is 0 Å². The number of aromatic nitrogens is 1. The van der Waals surface area contributed by atoms with Gasteiger partial charge in [-0.2, -0.15) is 0 Å². The first-order chi connectivity index (χ1) is 9.72. The third kappa shape index (κ3) is 3.35. The maximum absolute atomic E-state index is 12.4. The Hall–Kier alpha value is -2.36. The van der Waals surface area contributed by atoms with Crippen LogP contribution < -0.4 is 10.2 Å². The van der Waals surface area contributed by atoms with Gasteiger partial charge in [0.1, 0.15) is 11.5 Å². The molecule has 0 radical (unpaired) electrons. The van der Waals surface area contributed by atoms with Crippen LogP contribution in [0.1, 0.15) is 23.8 Å². The van der Waals surface area contributed by atoms with Crippen molar-refractivity contribution >= 4 is 17.4 Å². The van der Waals surface area contributed by atoms with Gasteiger partial charge in [-0.15, -0.1) is 0 Å². The standard InChI is InChI=1S/C16H19N3O/c1-3-12-17-15-11-7-10-14(18-15)16(20)19(2)13-8-5-4-6-9-13/h4-11H,3,12H2,1-2H3,(H,17,18). The predicted octanol–water partition coefficient (Wildman–Crippen LogP) is 3.18. The predicted molar refractivity (Wildman–Crippen MR) is 82.2 cm³/mol. The highest BCUT2D eigenvalue weighted by Crippen LogP contribution is 2.14. The molecule has 0 bridgehead atoms. The molecule has 0 aliphatic rings. The smallest absolute Gasteiger partial charge is 0.276 e. The van der Waals surface area contributed by atoms with E-state index in [4.69, 9.17) is 0 Å². The van der Waals surface area contributed by atoms with Gasteiger partial charge in [0.05, 0.1) is 0 Å². The molecular formula is C16H19N3O. The normalized spacial score (nSPS) is 10.1. The minimum absolute atomic E-state index is 0.114. The second kappa shape index (κ2) is 6.70. The van der Waals surface area contributed by atoms with Gasteiger partial charge in [-0.3, -0.25) is 4.79 Å². The Kier molecular flexibility index (Phi) is 4.71. The Morgan fingerprint density at radius 3 is 2.60 bits per heavy atom. The van der Waals surface area contributed by atoms with E-state index in [0.29, 0.717) is 5.69 Å². The van der Waals surface area contributed by atoms with E-state index in [1.807, 2.05) is 42.5 Å². The van der Waals surface area contributed by atoms with Gasteiger partial charge in [0.25, 0.3) is 5.91 Å². The topological polar surface area (TPSA) is 45.2 Å². The fraction of sp³-hybridized carbons (Fsp3) is 0.250. The van der Waals surface area contributed by atoms with Gasteiger partial charge in [-0.05, 0) is 30.7 Å². The lowest BCUT2D eigenvalue weighted by Gasteiger charge is -2.17. The monoisotopic (exact) mass is 269 g/mol. The third-order valence-electron chi connectivity index (χ3n) is 2.97. The van der Waals surface area contributed by atoms with Crippen molar-refractivity contribution in [3.63, 3.8) is 0 Å². The lowest BCUT2D eigenvalue weighted by atomic mass is 10.2. The molecular weight excluding hydrogens is 250 g/mol. The second-order valence-electron chi connectivity index (χ2n) is 4.53. The summed E-state index contributed by atoms with van der Waals surface area (Å²) in [6, 6.07) is 15.0. The zero-order chi connectivity index (χ0) is 14.4. The Morgan fingerprint density at radius 1 is 1.15 bits per heavy atom. The van der Waals surface area contributed by atoms with Gasteiger partial charge < -0.3 is 10.2 Å². The van der Waals surface area contributed by atoms with Crippen molar-refractivity contribution in [1.29, 1.82) is 0 Å². The summed E-state index contributed by atoms with van der Waals surface area (Å²) in [6.07, 6.45) is 1.02. The van der Waals surface area contributed by atoms with Crippen molar-refractivity contribution in [3.05, 3.63) is 54.2 Å². The number of rotatable bonds is 5. The number of hydrogen-bond donors (Lipinski definition) is 1. The van der Waals surface area contributed by atoms with Crippen LogP contribution in [0.2, 0.25) is 0 Å². The summed E-state index contributed by atoms with van der Waals surface area (Å²) < 4.78 is 0. The van der Waals surface area contributed by atoms with E-state index in [9.17, 15) is 4.79 Å². The van der Waals surface area contributed by atoms with Gasteiger partial charge in [-0.1, -0.05) is 31.2 Å². The lowest BCUT2D eigenvalue weighted by molar-refractivity contribution is 0.0988. The highest BCUT2D eigenvalue weighted by molar-refractivity contribution is 6.04. The zero-order valence-corrected chi connectivity index (χ0v) is 11.8. The maximum atomic E-state index is 12.4. The SMILES string of the molecule is CCCNc1cccc(C(=O)N(C)c2ccccc2)n1. The first-order valence-corrected chi connectivity index (χ1v) is 6.76. The highest BCUT2D eigenvalue weighted by atomic mass is 16.2. The van der Waals surface area contributed by atoms with Crippen LogP contribution in [0.25, 0.3) is 0 Å². The fourth-order valence-corrected chi connectivity index (χ4v) is 1.85. The number of nitrogens with one attached hydrogen (secondary N) is 1. The Bertz CT molecular complexity index is 569. The minimum Gasteiger partial charge on any atom is -0.370 e. The molecule has 1 heterocycles. The summed E-state index contributed by atoms with van der Waals surface area (Å²) in [5.41, 5.74) is 1.30. The molecule has 20 heavy (non-hydrogen) atoms. The molecule has 0 unspecified atom stereocenters. The van der Waals surface area contributed by atoms with E-state index in [-0.39, 0.29) is 5.91 Å². The van der Waals surface area contributed by atoms with Crippen molar-refractivity contribution < 1.29 is 4.79 Å². The van der Waals surface area contributed by atoms with Crippen LogP contribution >= 0.6 is 0 Å². The van der Waals surface area contributed by atoms with Crippen LogP contribution in [0.15, 0.2) is 48.5 Å². The molecule has 4 heteroatoms. The molecule has 4 nitrogen and oxygen atoms in total. The van der Waals surface area contributed by atoms with Gasteiger partial charge in [-0.25, -0.2) is 4.98 Å². The molecule has 1 aromatic heterocycles. The molecule has 2 aromatic rings. The van der Waals surface area contributed by atoms with E-state index in [1.54, 1.807) is 18.0 Å². The summed E-state index contributed by atoms with van der Waals surface area (Å²) in [6.45, 7) is 2.93. The molecule has 0 saturated carbocycles. The van der Waals surface area contributed by atoms with Gasteiger partial charge in [0.2, 0.25) is 0 Å². The van der Waals surface area contributed by atoms with Gasteiger partial charge in [0, 0.05) is 19.3 Å². The number of carbonyl (C=O) groups is 1. The Morgan fingerprint density at radius 2 is 1.90 bits per heavy atom.